The molecule has 1 rings (SSSR count). The third-order valence-corrected chi connectivity index (χ3v) is 6.66. The molecule has 260 valence electrons. The smallest absolute Gasteiger partial charge is 0.346 e. The summed E-state index contributed by atoms with van der Waals surface area (Å²) in [6, 6.07) is 0. The molecular weight excluding hydrogens is 629 g/mol. The Kier molecular flexibility index (Phi) is 12.8. The van der Waals surface area contributed by atoms with E-state index in [1.54, 1.807) is 125 Å². The Morgan fingerprint density at radius 1 is 0.413 bits per heavy atom. The number of rotatable bonds is 4. The van der Waals surface area contributed by atoms with Crippen LogP contribution >= 0.6 is 23.5 Å². The van der Waals surface area contributed by atoms with Gasteiger partial charge in [0, 0.05) is 0 Å². The lowest BCUT2D eigenvalue weighted by molar-refractivity contribution is -0.152. The van der Waals surface area contributed by atoms with Crippen LogP contribution in [-0.2, 0) is 38.1 Å². The molecule has 0 unspecified atom stereocenters. The summed E-state index contributed by atoms with van der Waals surface area (Å²) in [6.07, 6.45) is 0. The van der Waals surface area contributed by atoms with Gasteiger partial charge < -0.3 is 18.9 Å². The average Bonchev–Trinajstić information content (AvgIpc) is 2.69. The molecule has 0 aromatic rings. The molecule has 0 bridgehead atoms. The first-order valence-electron chi connectivity index (χ1n) is 15.2. The van der Waals surface area contributed by atoms with E-state index in [4.69, 9.17) is 28.9 Å². The molecule has 12 heteroatoms. The topological polar surface area (TPSA) is 130 Å². The standard InChI is InChI=1S/C34H54N2O8S2/c1-29(2,3)35-23-19(25(37)41-31(7,8)9)21(27(39)43-33(13,14)15)46-24(36-30(4,5)6)20(26(38)42-32(10,11)12)22(45-23)28(40)44-34(16,17)18/h1-18H3/b21-19+,22-20+,35-23?,36-24?. The second-order valence-electron chi connectivity index (χ2n) is 16.8. The van der Waals surface area contributed by atoms with Gasteiger partial charge in [-0.05, 0) is 125 Å². The number of esters is 4. The molecule has 0 atom stereocenters. The molecule has 10 nitrogen and oxygen atoms in total. The lowest BCUT2D eigenvalue weighted by atomic mass is 10.1. The van der Waals surface area contributed by atoms with Crippen molar-refractivity contribution in [1.29, 1.82) is 0 Å². The molecule has 0 N–H and O–H groups in total. The summed E-state index contributed by atoms with van der Waals surface area (Å²) in [5.74, 6) is -3.44. The highest BCUT2D eigenvalue weighted by molar-refractivity contribution is 8.21. The summed E-state index contributed by atoms with van der Waals surface area (Å²) < 4.78 is 23.2. The number of thioether (sulfide) groups is 2. The number of carbonyl (C=O) groups excluding carboxylic acids is 4. The third kappa shape index (κ3) is 14.9. The zero-order valence-electron chi connectivity index (χ0n) is 31.0. The number of nitrogens with zero attached hydrogens (tertiary/aromatic N) is 2. The first kappa shape index (κ1) is 41.4. The van der Waals surface area contributed by atoms with E-state index in [9.17, 15) is 19.2 Å². The van der Waals surface area contributed by atoms with Gasteiger partial charge in [0.25, 0.3) is 0 Å². The highest BCUT2D eigenvalue weighted by Crippen LogP contribution is 2.42. The number of aliphatic imine (C=N–C) groups is 2. The molecule has 0 aromatic carbocycles. The first-order chi connectivity index (χ1) is 20.2. The van der Waals surface area contributed by atoms with Crippen LogP contribution in [0.15, 0.2) is 30.9 Å². The van der Waals surface area contributed by atoms with Crippen LogP contribution in [0.1, 0.15) is 125 Å². The van der Waals surface area contributed by atoms with Crippen molar-refractivity contribution in [2.75, 3.05) is 0 Å². The monoisotopic (exact) mass is 682 g/mol. The fourth-order valence-corrected chi connectivity index (χ4v) is 5.86. The molecule has 0 aromatic heterocycles. The Balaban J connectivity index is 4.60. The fraction of sp³-hybridized carbons (Fsp3) is 0.706. The molecule has 0 spiro atoms. The molecule has 0 radical (unpaired) electrons. The van der Waals surface area contributed by atoms with Crippen molar-refractivity contribution < 1.29 is 38.1 Å². The van der Waals surface area contributed by atoms with E-state index in [-0.39, 0.29) is 31.0 Å². The quantitative estimate of drug-likeness (QED) is 0.214. The first-order valence-corrected chi connectivity index (χ1v) is 16.8. The molecule has 1 heterocycles. The summed E-state index contributed by atoms with van der Waals surface area (Å²) in [6.45, 7) is 31.1. The molecule has 0 saturated carbocycles. The SMILES string of the molecule is CC(C)(C)N=C1S/C(C(=O)OC(C)(C)C)=C(/C(=O)OC(C)(C)C)C(=NC(C)(C)C)S/C(C(=O)OC(C)(C)C)=C\1C(=O)OC(C)(C)C. The van der Waals surface area contributed by atoms with E-state index in [1.165, 1.54) is 0 Å². The molecule has 0 amide bonds. The minimum Gasteiger partial charge on any atom is -0.456 e. The molecule has 1 aliphatic heterocycles. The van der Waals surface area contributed by atoms with Gasteiger partial charge in [-0.25, -0.2) is 19.2 Å². The van der Waals surface area contributed by atoms with Gasteiger partial charge in [-0.2, -0.15) is 0 Å². The Morgan fingerprint density at radius 3 is 0.826 bits per heavy atom. The van der Waals surface area contributed by atoms with Crippen molar-refractivity contribution in [3.8, 4) is 0 Å². The van der Waals surface area contributed by atoms with E-state index < -0.39 is 57.4 Å². The van der Waals surface area contributed by atoms with E-state index in [0.29, 0.717) is 0 Å². The maximum atomic E-state index is 14.1. The minimum absolute atomic E-state index is 0.0353. The van der Waals surface area contributed by atoms with Crippen LogP contribution < -0.4 is 0 Å². The zero-order chi connectivity index (χ0) is 36.4. The molecule has 0 saturated heterocycles. The second-order valence-corrected chi connectivity index (χ2v) is 18.8. The van der Waals surface area contributed by atoms with Crippen LogP contribution in [0, 0.1) is 0 Å². The zero-order valence-corrected chi connectivity index (χ0v) is 32.6. The minimum atomic E-state index is -0.957. The van der Waals surface area contributed by atoms with Gasteiger partial charge in [-0.15, -0.1) is 0 Å². The lowest BCUT2D eigenvalue weighted by Gasteiger charge is -2.29. The predicted molar refractivity (Wildman–Crippen MR) is 187 cm³/mol. The van der Waals surface area contributed by atoms with Crippen LogP contribution in [0.25, 0.3) is 0 Å². The van der Waals surface area contributed by atoms with E-state index >= 15 is 0 Å². The largest absolute Gasteiger partial charge is 0.456 e. The maximum Gasteiger partial charge on any atom is 0.346 e. The van der Waals surface area contributed by atoms with Crippen LogP contribution in [0.4, 0.5) is 0 Å². The van der Waals surface area contributed by atoms with Crippen molar-refractivity contribution in [2.45, 2.75) is 158 Å². The Bertz CT molecular complexity index is 1240. The van der Waals surface area contributed by atoms with Gasteiger partial charge >= 0.3 is 23.9 Å². The molecule has 0 aliphatic carbocycles. The molecule has 0 fully saturated rings. The number of hydrogen-bond donors (Lipinski definition) is 0. The van der Waals surface area contributed by atoms with Gasteiger partial charge in [0.15, 0.2) is 0 Å². The van der Waals surface area contributed by atoms with Crippen molar-refractivity contribution in [3.63, 3.8) is 0 Å². The van der Waals surface area contributed by atoms with Crippen molar-refractivity contribution in [2.24, 2.45) is 9.98 Å². The average molecular weight is 683 g/mol. The van der Waals surface area contributed by atoms with Crippen molar-refractivity contribution >= 4 is 57.5 Å². The highest BCUT2D eigenvalue weighted by atomic mass is 32.2. The maximum absolute atomic E-state index is 14.1. The lowest BCUT2D eigenvalue weighted by Crippen LogP contribution is -2.35. The van der Waals surface area contributed by atoms with Gasteiger partial charge in [-0.1, -0.05) is 23.5 Å². The molecule has 46 heavy (non-hydrogen) atoms. The normalized spacial score (nSPS) is 21.0. The van der Waals surface area contributed by atoms with Gasteiger partial charge in [0.1, 0.15) is 53.4 Å². The molecular formula is C34H54N2O8S2. The van der Waals surface area contributed by atoms with Gasteiger partial charge in [-0.3, -0.25) is 9.98 Å². The van der Waals surface area contributed by atoms with E-state index in [0.717, 1.165) is 23.5 Å². The Morgan fingerprint density at radius 2 is 0.630 bits per heavy atom. The Hall–Kier alpha value is -2.60. The van der Waals surface area contributed by atoms with Crippen LogP contribution in [0.2, 0.25) is 0 Å². The van der Waals surface area contributed by atoms with E-state index in [2.05, 4.69) is 0 Å². The summed E-state index contributed by atoms with van der Waals surface area (Å²) in [7, 11) is 0. The summed E-state index contributed by atoms with van der Waals surface area (Å²) in [4.78, 5) is 65.5. The van der Waals surface area contributed by atoms with Crippen molar-refractivity contribution in [3.05, 3.63) is 21.0 Å². The van der Waals surface area contributed by atoms with E-state index in [1.807, 2.05) is 0 Å². The van der Waals surface area contributed by atoms with Gasteiger partial charge in [0.05, 0.1) is 11.1 Å². The third-order valence-electron chi connectivity index (χ3n) is 4.53. The summed E-state index contributed by atoms with van der Waals surface area (Å²) >= 11 is 1.46. The van der Waals surface area contributed by atoms with Crippen LogP contribution in [0.3, 0.4) is 0 Å². The predicted octanol–water partition coefficient (Wildman–Crippen LogP) is 7.74. The molecule has 1 aliphatic rings. The fourth-order valence-electron chi connectivity index (χ4n) is 3.31. The summed E-state index contributed by atoms with van der Waals surface area (Å²) in [5.41, 5.74) is -5.89. The van der Waals surface area contributed by atoms with Gasteiger partial charge in [0.2, 0.25) is 0 Å². The van der Waals surface area contributed by atoms with Crippen LogP contribution in [-0.4, -0.2) is 67.4 Å². The Labute approximate surface area is 284 Å². The second kappa shape index (κ2) is 14.3. The van der Waals surface area contributed by atoms with Crippen LogP contribution in [0.5, 0.6) is 0 Å². The van der Waals surface area contributed by atoms with Crippen molar-refractivity contribution in [1.82, 2.24) is 0 Å². The number of ether oxygens (including phenoxy) is 4. The highest BCUT2D eigenvalue weighted by Gasteiger charge is 2.42. The number of hydrogen-bond acceptors (Lipinski definition) is 12. The number of carbonyl (C=O) groups is 4. The summed E-state index contributed by atoms with van der Waals surface area (Å²) in [5, 5.41) is -0.0707.